The molecule has 0 amide bonds. The minimum Gasteiger partial charge on any atom is -0.342 e. The highest BCUT2D eigenvalue weighted by Crippen LogP contribution is 2.33. The van der Waals surface area contributed by atoms with Crippen molar-refractivity contribution in [3.8, 4) is 0 Å². The summed E-state index contributed by atoms with van der Waals surface area (Å²) in [5.41, 5.74) is 2.45. The Kier molecular flexibility index (Phi) is 4.75. The Labute approximate surface area is 159 Å². The predicted molar refractivity (Wildman–Crippen MR) is 104 cm³/mol. The molecular formula is C18H24N4O2S2. The smallest absolute Gasteiger partial charge is 0.217 e. The van der Waals surface area contributed by atoms with Crippen LogP contribution in [0.3, 0.4) is 0 Å². The van der Waals surface area contributed by atoms with E-state index in [1.165, 1.54) is 22.7 Å². The fraction of sp³-hybridized carbons (Fsp3) is 0.556. The fourth-order valence-electron chi connectivity index (χ4n) is 3.34. The van der Waals surface area contributed by atoms with Crippen molar-refractivity contribution in [1.82, 2.24) is 13.7 Å². The molecule has 2 heterocycles. The van der Waals surface area contributed by atoms with Crippen molar-refractivity contribution in [1.29, 1.82) is 0 Å². The lowest BCUT2D eigenvalue weighted by Crippen LogP contribution is -2.54. The minimum atomic E-state index is -3.09. The Morgan fingerprint density at radius 3 is 2.58 bits per heavy atom. The normalized spacial score (nSPS) is 21.9. The summed E-state index contributed by atoms with van der Waals surface area (Å²) in [5.74, 6) is 0.828. The molecule has 0 bridgehead atoms. The van der Waals surface area contributed by atoms with E-state index in [2.05, 4.69) is 47.4 Å². The van der Waals surface area contributed by atoms with E-state index in [4.69, 9.17) is 4.98 Å². The summed E-state index contributed by atoms with van der Waals surface area (Å²) < 4.78 is 31.1. The second-order valence-electron chi connectivity index (χ2n) is 7.30. The molecule has 26 heavy (non-hydrogen) atoms. The molecule has 2 aliphatic rings. The van der Waals surface area contributed by atoms with Gasteiger partial charge in [-0.2, -0.15) is 8.68 Å². The van der Waals surface area contributed by atoms with Gasteiger partial charge in [0.15, 0.2) is 0 Å². The zero-order chi connectivity index (χ0) is 18.3. The summed E-state index contributed by atoms with van der Waals surface area (Å²) in [5, 5.41) is 0.756. The average Bonchev–Trinajstić information content (AvgIpc) is 3.38. The van der Waals surface area contributed by atoms with Crippen molar-refractivity contribution in [2.45, 2.75) is 44.4 Å². The summed E-state index contributed by atoms with van der Waals surface area (Å²) in [6.45, 7) is 5.89. The van der Waals surface area contributed by atoms with Crippen LogP contribution < -0.4 is 4.90 Å². The van der Waals surface area contributed by atoms with E-state index in [0.29, 0.717) is 19.6 Å². The van der Waals surface area contributed by atoms with Gasteiger partial charge in [-0.3, -0.25) is 0 Å². The zero-order valence-electron chi connectivity index (χ0n) is 15.1. The second kappa shape index (κ2) is 6.90. The SMILES string of the molecule is Cc1ccc(Cc2nsc(N3CCN(S(=O)(=O)C4CC4)CC3C)n2)cc1. The molecule has 4 rings (SSSR count). The third kappa shape index (κ3) is 3.63. The van der Waals surface area contributed by atoms with Gasteiger partial charge in [-0.25, -0.2) is 13.4 Å². The van der Waals surface area contributed by atoms with Crippen LogP contribution in [0.2, 0.25) is 0 Å². The Hall–Kier alpha value is -1.51. The molecule has 6 nitrogen and oxygen atoms in total. The van der Waals surface area contributed by atoms with Gasteiger partial charge in [0.25, 0.3) is 0 Å². The first kappa shape index (κ1) is 17.9. The van der Waals surface area contributed by atoms with Gasteiger partial charge in [-0.15, -0.1) is 0 Å². The summed E-state index contributed by atoms with van der Waals surface area (Å²) in [4.78, 5) is 6.89. The quantitative estimate of drug-likeness (QED) is 0.782. The van der Waals surface area contributed by atoms with E-state index in [-0.39, 0.29) is 11.3 Å². The highest BCUT2D eigenvalue weighted by molar-refractivity contribution is 7.90. The van der Waals surface area contributed by atoms with Gasteiger partial charge in [0.2, 0.25) is 15.2 Å². The Balaban J connectivity index is 1.42. The molecule has 140 valence electrons. The van der Waals surface area contributed by atoms with E-state index in [1.807, 2.05) is 0 Å². The molecule has 0 N–H and O–H groups in total. The Morgan fingerprint density at radius 2 is 1.92 bits per heavy atom. The number of rotatable bonds is 5. The molecule has 1 saturated carbocycles. The zero-order valence-corrected chi connectivity index (χ0v) is 16.8. The number of nitrogens with zero attached hydrogens (tertiary/aromatic N) is 4. The number of piperazine rings is 1. The summed E-state index contributed by atoms with van der Waals surface area (Å²) in [6, 6.07) is 8.53. The first-order valence-corrected chi connectivity index (χ1v) is 11.3. The van der Waals surface area contributed by atoms with Gasteiger partial charge in [-0.1, -0.05) is 29.8 Å². The van der Waals surface area contributed by atoms with Crippen LogP contribution in [0.4, 0.5) is 5.13 Å². The maximum Gasteiger partial charge on any atom is 0.217 e. The Bertz CT molecular complexity index is 875. The van der Waals surface area contributed by atoms with E-state index in [0.717, 1.165) is 30.2 Å². The number of benzene rings is 1. The summed E-state index contributed by atoms with van der Waals surface area (Å²) in [6.07, 6.45) is 2.35. The molecule has 8 heteroatoms. The van der Waals surface area contributed by atoms with Crippen LogP contribution in [0, 0.1) is 6.92 Å². The monoisotopic (exact) mass is 392 g/mol. The van der Waals surface area contributed by atoms with E-state index >= 15 is 0 Å². The van der Waals surface area contributed by atoms with Crippen LogP contribution in [-0.2, 0) is 16.4 Å². The third-order valence-electron chi connectivity index (χ3n) is 5.08. The molecule has 1 aliphatic heterocycles. The largest absolute Gasteiger partial charge is 0.342 e. The van der Waals surface area contributed by atoms with E-state index in [9.17, 15) is 8.42 Å². The molecule has 2 aromatic rings. The van der Waals surface area contributed by atoms with E-state index < -0.39 is 10.0 Å². The molecule has 1 unspecified atom stereocenters. The highest BCUT2D eigenvalue weighted by Gasteiger charge is 2.42. The molecule has 1 aromatic carbocycles. The minimum absolute atomic E-state index is 0.109. The van der Waals surface area contributed by atoms with Gasteiger partial charge in [-0.05, 0) is 32.3 Å². The highest BCUT2D eigenvalue weighted by atomic mass is 32.2. The van der Waals surface area contributed by atoms with Crippen molar-refractivity contribution in [2.24, 2.45) is 0 Å². The molecule has 1 aliphatic carbocycles. The summed E-state index contributed by atoms with van der Waals surface area (Å²) >= 11 is 1.41. The number of anilines is 1. The van der Waals surface area contributed by atoms with Crippen molar-refractivity contribution >= 4 is 26.7 Å². The van der Waals surface area contributed by atoms with Gasteiger partial charge < -0.3 is 4.90 Å². The Morgan fingerprint density at radius 1 is 1.19 bits per heavy atom. The van der Waals surface area contributed by atoms with Crippen LogP contribution in [0.15, 0.2) is 24.3 Å². The van der Waals surface area contributed by atoms with Gasteiger partial charge in [0.05, 0.1) is 5.25 Å². The molecule has 0 radical (unpaired) electrons. The fourth-order valence-corrected chi connectivity index (χ4v) is 6.07. The molecule has 2 fully saturated rings. The first-order valence-electron chi connectivity index (χ1n) is 9.07. The van der Waals surface area contributed by atoms with Crippen molar-refractivity contribution in [3.63, 3.8) is 0 Å². The lowest BCUT2D eigenvalue weighted by atomic mass is 10.1. The van der Waals surface area contributed by atoms with Gasteiger partial charge in [0.1, 0.15) is 5.82 Å². The second-order valence-corrected chi connectivity index (χ2v) is 10.2. The standard InChI is InChI=1S/C18H24N4O2S2/c1-13-3-5-15(6-4-13)11-17-19-18(25-20-17)22-10-9-21(12-14(22)2)26(23,24)16-7-8-16/h3-6,14,16H,7-12H2,1-2H3. The van der Waals surface area contributed by atoms with Gasteiger partial charge >= 0.3 is 0 Å². The van der Waals surface area contributed by atoms with Crippen LogP contribution in [0.1, 0.15) is 36.7 Å². The lowest BCUT2D eigenvalue weighted by molar-refractivity contribution is 0.342. The van der Waals surface area contributed by atoms with Crippen LogP contribution in [0.25, 0.3) is 0 Å². The number of aromatic nitrogens is 2. The number of sulfonamides is 1. The molecule has 1 atom stereocenters. The average molecular weight is 393 g/mol. The number of hydrogen-bond donors (Lipinski definition) is 0. The van der Waals surface area contributed by atoms with Crippen molar-refractivity contribution in [3.05, 3.63) is 41.2 Å². The van der Waals surface area contributed by atoms with Gasteiger partial charge in [0, 0.05) is 43.6 Å². The summed E-state index contributed by atoms with van der Waals surface area (Å²) in [7, 11) is -3.09. The number of hydrogen-bond acceptors (Lipinski definition) is 6. The van der Waals surface area contributed by atoms with Crippen LogP contribution in [-0.4, -0.2) is 53.0 Å². The van der Waals surface area contributed by atoms with Crippen LogP contribution in [0.5, 0.6) is 0 Å². The van der Waals surface area contributed by atoms with Crippen molar-refractivity contribution < 1.29 is 8.42 Å². The topological polar surface area (TPSA) is 66.4 Å². The molecule has 1 saturated heterocycles. The van der Waals surface area contributed by atoms with E-state index in [1.54, 1.807) is 4.31 Å². The molecule has 0 spiro atoms. The number of aryl methyl sites for hydroxylation is 1. The molecular weight excluding hydrogens is 368 g/mol. The molecule has 1 aromatic heterocycles. The van der Waals surface area contributed by atoms with Crippen LogP contribution >= 0.6 is 11.5 Å². The maximum absolute atomic E-state index is 12.4. The first-order chi connectivity index (χ1) is 12.4. The third-order valence-corrected chi connectivity index (χ3v) is 8.24. The predicted octanol–water partition coefficient (Wildman–Crippen LogP) is 2.44. The maximum atomic E-state index is 12.4. The lowest BCUT2D eigenvalue weighted by Gasteiger charge is -2.38. The van der Waals surface area contributed by atoms with Crippen molar-refractivity contribution in [2.75, 3.05) is 24.5 Å².